The van der Waals surface area contributed by atoms with Crippen molar-refractivity contribution in [3.05, 3.63) is 47.4 Å². The van der Waals surface area contributed by atoms with Crippen molar-refractivity contribution in [3.8, 4) is 17.1 Å². The topological polar surface area (TPSA) is 42.3 Å². The van der Waals surface area contributed by atoms with E-state index in [1.807, 2.05) is 32.1 Å². The Hall–Kier alpha value is -2.49. The Morgan fingerprint density at radius 3 is 2.68 bits per heavy atom. The molecule has 0 unspecified atom stereocenters. The maximum absolute atomic E-state index is 5.77. The molecule has 114 valence electrons. The van der Waals surface area contributed by atoms with Gasteiger partial charge in [-0.2, -0.15) is 0 Å². The number of rotatable bonds is 4. The van der Waals surface area contributed by atoms with Crippen LogP contribution in [0, 0.1) is 6.92 Å². The fourth-order valence-electron chi connectivity index (χ4n) is 2.57. The molecule has 1 N–H and O–H groups in total. The van der Waals surface area contributed by atoms with Crippen molar-refractivity contribution in [1.82, 2.24) is 9.55 Å². The van der Waals surface area contributed by atoms with Crippen LogP contribution in [-0.2, 0) is 7.05 Å². The highest BCUT2D eigenvalue weighted by Crippen LogP contribution is 2.30. The molecule has 0 fully saturated rings. The standard InChI is InChI=1S/C18H21N3O/c1-5-22-18-11-15(17-9-7-13(3)21(17)4)20-16(18)10-14-8-6-12(2)19-14/h6-11,20H,5H2,1-4H3. The van der Waals surface area contributed by atoms with Gasteiger partial charge < -0.3 is 14.3 Å². The van der Waals surface area contributed by atoms with Gasteiger partial charge in [-0.1, -0.05) is 0 Å². The van der Waals surface area contributed by atoms with Crippen molar-refractivity contribution in [1.29, 1.82) is 0 Å². The fraction of sp³-hybridized carbons (Fsp3) is 0.278. The lowest BCUT2D eigenvalue weighted by molar-refractivity contribution is 0.340. The van der Waals surface area contributed by atoms with Gasteiger partial charge in [-0.15, -0.1) is 0 Å². The largest absolute Gasteiger partial charge is 0.492 e. The smallest absolute Gasteiger partial charge is 0.144 e. The molecule has 4 heteroatoms. The Bertz CT molecular complexity index is 787. The van der Waals surface area contributed by atoms with E-state index >= 15 is 0 Å². The predicted octanol–water partition coefficient (Wildman–Crippen LogP) is 4.10. The Labute approximate surface area is 130 Å². The number of H-pyrrole nitrogens is 1. The average molecular weight is 295 g/mol. The van der Waals surface area contributed by atoms with Crippen LogP contribution in [0.4, 0.5) is 0 Å². The molecule has 0 spiro atoms. The molecule has 4 nitrogen and oxygen atoms in total. The van der Waals surface area contributed by atoms with E-state index in [9.17, 15) is 0 Å². The Morgan fingerprint density at radius 2 is 2.09 bits per heavy atom. The summed E-state index contributed by atoms with van der Waals surface area (Å²) >= 11 is 0. The number of allylic oxidation sites excluding steroid dienone is 2. The van der Waals surface area contributed by atoms with E-state index in [0.29, 0.717) is 6.61 Å². The fourth-order valence-corrected chi connectivity index (χ4v) is 2.57. The highest BCUT2D eigenvalue weighted by Gasteiger charge is 2.13. The molecule has 0 saturated carbocycles. The lowest BCUT2D eigenvalue weighted by Crippen LogP contribution is -1.93. The van der Waals surface area contributed by atoms with Gasteiger partial charge in [0.1, 0.15) is 5.75 Å². The van der Waals surface area contributed by atoms with E-state index in [-0.39, 0.29) is 0 Å². The van der Waals surface area contributed by atoms with Crippen molar-refractivity contribution in [2.75, 3.05) is 6.61 Å². The minimum Gasteiger partial charge on any atom is -0.492 e. The summed E-state index contributed by atoms with van der Waals surface area (Å²) in [6, 6.07) is 6.29. The normalized spacial score (nSPS) is 15.6. The molecule has 3 heterocycles. The van der Waals surface area contributed by atoms with Crippen LogP contribution in [0.5, 0.6) is 5.75 Å². The summed E-state index contributed by atoms with van der Waals surface area (Å²) in [5, 5.41) is 0. The van der Waals surface area contributed by atoms with E-state index in [0.717, 1.165) is 34.2 Å². The monoisotopic (exact) mass is 295 g/mol. The zero-order valence-electron chi connectivity index (χ0n) is 13.5. The number of hydrogen-bond acceptors (Lipinski definition) is 2. The van der Waals surface area contributed by atoms with Crippen LogP contribution in [0.15, 0.2) is 41.0 Å². The first-order valence-corrected chi connectivity index (χ1v) is 7.52. The Balaban J connectivity index is 2.03. The first-order valence-electron chi connectivity index (χ1n) is 7.52. The van der Waals surface area contributed by atoms with E-state index in [1.165, 1.54) is 5.69 Å². The third-order valence-electron chi connectivity index (χ3n) is 3.85. The summed E-state index contributed by atoms with van der Waals surface area (Å²) in [6.07, 6.45) is 6.05. The quantitative estimate of drug-likeness (QED) is 0.906. The summed E-state index contributed by atoms with van der Waals surface area (Å²) in [5.41, 5.74) is 6.33. The summed E-state index contributed by atoms with van der Waals surface area (Å²) in [7, 11) is 2.07. The second kappa shape index (κ2) is 5.72. The maximum Gasteiger partial charge on any atom is 0.144 e. The van der Waals surface area contributed by atoms with Crippen molar-refractivity contribution in [2.45, 2.75) is 20.8 Å². The molecule has 3 rings (SSSR count). The maximum atomic E-state index is 5.77. The van der Waals surface area contributed by atoms with Gasteiger partial charge in [0, 0.05) is 24.5 Å². The third-order valence-corrected chi connectivity index (χ3v) is 3.85. The number of aromatic nitrogens is 2. The summed E-state index contributed by atoms with van der Waals surface area (Å²) < 4.78 is 7.93. The van der Waals surface area contributed by atoms with Crippen LogP contribution in [0.3, 0.4) is 0 Å². The molecule has 0 bridgehead atoms. The second-order valence-electron chi connectivity index (χ2n) is 5.47. The van der Waals surface area contributed by atoms with Gasteiger partial charge in [0.05, 0.1) is 29.4 Å². The molecule has 0 atom stereocenters. The van der Waals surface area contributed by atoms with Crippen LogP contribution in [0.25, 0.3) is 17.5 Å². The molecule has 0 radical (unpaired) electrons. The van der Waals surface area contributed by atoms with Gasteiger partial charge in [0.25, 0.3) is 0 Å². The van der Waals surface area contributed by atoms with Crippen molar-refractivity contribution in [3.63, 3.8) is 0 Å². The zero-order chi connectivity index (χ0) is 15.7. The number of aryl methyl sites for hydroxylation is 1. The minimum absolute atomic E-state index is 0.637. The van der Waals surface area contributed by atoms with Gasteiger partial charge in [0.2, 0.25) is 0 Å². The lowest BCUT2D eigenvalue weighted by Gasteiger charge is -2.02. The van der Waals surface area contributed by atoms with Crippen LogP contribution in [0.2, 0.25) is 0 Å². The summed E-state index contributed by atoms with van der Waals surface area (Å²) in [5.74, 6) is 0.858. The highest BCUT2D eigenvalue weighted by molar-refractivity contribution is 5.97. The van der Waals surface area contributed by atoms with Gasteiger partial charge >= 0.3 is 0 Å². The van der Waals surface area contributed by atoms with Crippen LogP contribution < -0.4 is 4.74 Å². The van der Waals surface area contributed by atoms with E-state index in [4.69, 9.17) is 4.74 Å². The number of ether oxygens (including phenoxy) is 1. The minimum atomic E-state index is 0.637. The molecule has 2 aromatic rings. The predicted molar refractivity (Wildman–Crippen MR) is 91.3 cm³/mol. The molecule has 1 aliphatic heterocycles. The zero-order valence-corrected chi connectivity index (χ0v) is 13.5. The van der Waals surface area contributed by atoms with Gasteiger partial charge in [-0.05, 0) is 51.1 Å². The molecule has 0 aliphatic carbocycles. The molecule has 2 aromatic heterocycles. The van der Waals surface area contributed by atoms with E-state index < -0.39 is 0 Å². The average Bonchev–Trinajstić information content (AvgIpc) is 3.15. The first-order chi connectivity index (χ1) is 10.6. The third kappa shape index (κ3) is 2.64. The van der Waals surface area contributed by atoms with Crippen LogP contribution >= 0.6 is 0 Å². The summed E-state index contributed by atoms with van der Waals surface area (Å²) in [4.78, 5) is 7.93. The summed E-state index contributed by atoms with van der Waals surface area (Å²) in [6.45, 7) is 6.72. The molecule has 1 aliphatic rings. The van der Waals surface area contributed by atoms with E-state index in [2.05, 4.69) is 46.7 Å². The number of hydrogen-bond donors (Lipinski definition) is 1. The second-order valence-corrected chi connectivity index (χ2v) is 5.47. The molecular formula is C18H21N3O. The Kier molecular flexibility index (Phi) is 3.75. The molecule has 0 saturated heterocycles. The molecule has 0 amide bonds. The molecular weight excluding hydrogens is 274 g/mol. The van der Waals surface area contributed by atoms with E-state index in [1.54, 1.807) is 0 Å². The van der Waals surface area contributed by atoms with Crippen LogP contribution in [-0.4, -0.2) is 21.9 Å². The molecule has 0 aromatic carbocycles. The number of nitrogens with zero attached hydrogens (tertiary/aromatic N) is 2. The van der Waals surface area contributed by atoms with Gasteiger partial charge in [-0.25, -0.2) is 0 Å². The van der Waals surface area contributed by atoms with Crippen LogP contribution in [0.1, 0.15) is 25.2 Å². The SMILES string of the molecule is CCOc1cc(-c2ccc(C)n2C)[nH]c1C=C1C=CC(C)=N1. The number of aromatic amines is 1. The van der Waals surface area contributed by atoms with Gasteiger partial charge in [-0.3, -0.25) is 4.99 Å². The lowest BCUT2D eigenvalue weighted by atomic mass is 10.3. The highest BCUT2D eigenvalue weighted by atomic mass is 16.5. The molecule has 22 heavy (non-hydrogen) atoms. The Morgan fingerprint density at radius 1 is 1.27 bits per heavy atom. The number of aliphatic imine (C=N–C) groups is 1. The van der Waals surface area contributed by atoms with Crippen molar-refractivity contribution >= 4 is 11.8 Å². The van der Waals surface area contributed by atoms with Crippen molar-refractivity contribution < 1.29 is 4.74 Å². The van der Waals surface area contributed by atoms with Crippen molar-refractivity contribution in [2.24, 2.45) is 12.0 Å². The van der Waals surface area contributed by atoms with Gasteiger partial charge in [0.15, 0.2) is 0 Å². The first kappa shape index (κ1) is 14.4. The number of nitrogens with one attached hydrogen (secondary N) is 1.